The monoisotopic (exact) mass is 1150 g/mol. The Hall–Kier alpha value is -12.0. The molecule has 0 aliphatic carbocycles. The van der Waals surface area contributed by atoms with Gasteiger partial charge in [0, 0.05) is 76.6 Å². The van der Waals surface area contributed by atoms with Gasteiger partial charge in [0.1, 0.15) is 0 Å². The van der Waals surface area contributed by atoms with Crippen LogP contribution in [0.25, 0.3) is 86.2 Å². The summed E-state index contributed by atoms with van der Waals surface area (Å²) in [5.41, 5.74) is 13.1. The number of rotatable bonds is 12. The van der Waals surface area contributed by atoms with E-state index in [1.807, 2.05) is 0 Å². The molecule has 0 amide bonds. The lowest BCUT2D eigenvalue weighted by Crippen LogP contribution is -2.16. The lowest BCUT2D eigenvalue weighted by molar-refractivity contribution is 1.28. The first-order valence-corrected chi connectivity index (χ1v) is 30.9. The zero-order valence-electron chi connectivity index (χ0n) is 49.3. The first-order valence-electron chi connectivity index (χ1n) is 30.9. The van der Waals surface area contributed by atoms with E-state index in [0.717, 1.165) is 101 Å². The Bertz CT molecular complexity index is 5000. The predicted octanol–water partition coefficient (Wildman–Crippen LogP) is 24.8. The fourth-order valence-corrected chi connectivity index (χ4v) is 14.1. The molecule has 0 heterocycles. The van der Waals surface area contributed by atoms with Crippen molar-refractivity contribution in [2.75, 3.05) is 19.6 Å². The van der Waals surface area contributed by atoms with E-state index in [-0.39, 0.29) is 0 Å². The molecule has 0 atom stereocenters. The second kappa shape index (κ2) is 22.1. The Labute approximate surface area is 522 Å². The summed E-state index contributed by atoms with van der Waals surface area (Å²) in [4.78, 5) is 9.92. The molecule has 0 fully saturated rings. The Morgan fingerprint density at radius 1 is 0.122 bits per heavy atom. The molecule has 0 spiro atoms. The molecule has 0 saturated heterocycles. The highest BCUT2D eigenvalue weighted by atomic mass is 15.2. The SMILES string of the molecule is c1ccc2c(N(c3ccc(N(c4cccc5ccccc45)c4c5ccccc5c(N(c5ccc(N(c6cccc7ccccc67)c6cccc7ccccc67)cc5)c5cccc6ccccc56)c5ccccc45)cc3)c3cccc4ccccc34)cccc2c1. The molecule has 17 aromatic carbocycles. The Balaban J connectivity index is 0.889. The van der Waals surface area contributed by atoms with Gasteiger partial charge in [-0.25, -0.2) is 0 Å². The van der Waals surface area contributed by atoms with E-state index in [0.29, 0.717) is 0 Å². The number of anilines is 12. The lowest BCUT2D eigenvalue weighted by atomic mass is 9.94. The molecule has 4 heteroatoms. The Kier molecular flexibility index (Phi) is 12.8. The quantitative estimate of drug-likeness (QED) is 0.0893. The maximum Gasteiger partial charge on any atom is 0.0620 e. The van der Waals surface area contributed by atoms with E-state index in [1.54, 1.807) is 0 Å². The van der Waals surface area contributed by atoms with Crippen LogP contribution in [0.15, 0.2) is 352 Å². The summed E-state index contributed by atoms with van der Waals surface area (Å²) in [6, 6.07) is 129. The summed E-state index contributed by atoms with van der Waals surface area (Å²) in [6.07, 6.45) is 0. The van der Waals surface area contributed by atoms with Crippen LogP contribution >= 0.6 is 0 Å². The van der Waals surface area contributed by atoms with Gasteiger partial charge in [-0.05, 0) is 117 Å². The van der Waals surface area contributed by atoms with E-state index in [4.69, 9.17) is 0 Å². The molecule has 0 aromatic heterocycles. The van der Waals surface area contributed by atoms with Crippen molar-refractivity contribution in [3.8, 4) is 0 Å². The number of hydrogen-bond acceptors (Lipinski definition) is 4. The molecule has 0 aliphatic heterocycles. The summed E-state index contributed by atoms with van der Waals surface area (Å²) in [6.45, 7) is 0. The second-order valence-corrected chi connectivity index (χ2v) is 23.2. The Morgan fingerprint density at radius 2 is 0.278 bits per heavy atom. The average molecular weight is 1150 g/mol. The molecule has 0 aliphatic rings. The van der Waals surface area contributed by atoms with Crippen LogP contribution in [0.3, 0.4) is 0 Å². The van der Waals surface area contributed by atoms with Gasteiger partial charge in [0.2, 0.25) is 0 Å². The largest absolute Gasteiger partial charge is 0.309 e. The van der Waals surface area contributed by atoms with E-state index < -0.39 is 0 Å². The minimum Gasteiger partial charge on any atom is -0.309 e. The number of hydrogen-bond donors (Lipinski definition) is 0. The highest BCUT2D eigenvalue weighted by Crippen LogP contribution is 2.54. The van der Waals surface area contributed by atoms with E-state index in [2.05, 4.69) is 371 Å². The van der Waals surface area contributed by atoms with Gasteiger partial charge in [0.15, 0.2) is 0 Å². The summed E-state index contributed by atoms with van der Waals surface area (Å²) in [5.74, 6) is 0. The van der Waals surface area contributed by atoms with Gasteiger partial charge in [-0.2, -0.15) is 0 Å². The zero-order valence-corrected chi connectivity index (χ0v) is 49.3. The van der Waals surface area contributed by atoms with Crippen molar-refractivity contribution in [3.05, 3.63) is 352 Å². The van der Waals surface area contributed by atoms with Crippen LogP contribution in [0.5, 0.6) is 0 Å². The van der Waals surface area contributed by atoms with Gasteiger partial charge in [-0.3, -0.25) is 0 Å². The van der Waals surface area contributed by atoms with Crippen LogP contribution in [-0.4, -0.2) is 0 Å². The highest BCUT2D eigenvalue weighted by molar-refractivity contribution is 6.25. The summed E-state index contributed by atoms with van der Waals surface area (Å²) in [7, 11) is 0. The van der Waals surface area contributed by atoms with Gasteiger partial charge < -0.3 is 19.6 Å². The van der Waals surface area contributed by atoms with Crippen molar-refractivity contribution >= 4 is 154 Å². The van der Waals surface area contributed by atoms with Gasteiger partial charge in [0.05, 0.1) is 45.5 Å². The molecule has 422 valence electrons. The van der Waals surface area contributed by atoms with Crippen molar-refractivity contribution in [3.63, 3.8) is 0 Å². The summed E-state index contributed by atoms with van der Waals surface area (Å²) in [5, 5.41) is 18.7. The maximum absolute atomic E-state index is 2.52. The van der Waals surface area contributed by atoms with Gasteiger partial charge in [-0.1, -0.05) is 267 Å². The molecule has 17 rings (SSSR count). The van der Waals surface area contributed by atoms with E-state index >= 15 is 0 Å². The van der Waals surface area contributed by atoms with Crippen molar-refractivity contribution in [1.82, 2.24) is 0 Å². The lowest BCUT2D eigenvalue weighted by Gasteiger charge is -2.34. The zero-order chi connectivity index (χ0) is 59.5. The third kappa shape index (κ3) is 8.84. The second-order valence-electron chi connectivity index (χ2n) is 23.2. The standard InChI is InChI=1S/C86H58N4/c1-7-35-69-59(23-1)29-17-45-79(69)87(80-46-18-30-60-24-2-8-36-70(60)80)65-51-55-67(56-52-65)89(83-49-21-33-63-27-5-11-39-73(63)83)85-75-41-13-15-43-77(75)86(78-44-16-14-42-76(78)85)90(84-50-22-34-64-28-6-12-40-74(64)84)68-57-53-66(54-58-68)88(81-47-19-31-61-25-3-9-37-71(61)81)82-48-20-32-62-26-4-10-38-72(62)82/h1-58H. The fourth-order valence-electron chi connectivity index (χ4n) is 14.1. The molecule has 0 radical (unpaired) electrons. The van der Waals surface area contributed by atoms with Crippen LogP contribution < -0.4 is 19.6 Å². The van der Waals surface area contributed by atoms with Crippen LogP contribution in [0.1, 0.15) is 0 Å². The van der Waals surface area contributed by atoms with Gasteiger partial charge in [-0.15, -0.1) is 0 Å². The molecule has 90 heavy (non-hydrogen) atoms. The van der Waals surface area contributed by atoms with E-state index in [9.17, 15) is 0 Å². The van der Waals surface area contributed by atoms with Crippen LogP contribution in [-0.2, 0) is 0 Å². The van der Waals surface area contributed by atoms with Gasteiger partial charge >= 0.3 is 0 Å². The molecular weight excluding hydrogens is 1090 g/mol. The first kappa shape index (κ1) is 52.4. The topological polar surface area (TPSA) is 13.0 Å². The molecule has 17 aromatic rings. The van der Waals surface area contributed by atoms with E-state index in [1.165, 1.54) is 53.9 Å². The normalized spacial score (nSPS) is 11.6. The molecule has 0 N–H and O–H groups in total. The van der Waals surface area contributed by atoms with Gasteiger partial charge in [0.25, 0.3) is 0 Å². The smallest absolute Gasteiger partial charge is 0.0620 e. The predicted molar refractivity (Wildman–Crippen MR) is 385 cm³/mol. The molecule has 0 bridgehead atoms. The number of fused-ring (bicyclic) bond motifs is 8. The average Bonchev–Trinajstić information content (AvgIpc) is 0.734. The maximum atomic E-state index is 2.52. The van der Waals surface area contributed by atoms with Crippen molar-refractivity contribution in [1.29, 1.82) is 0 Å². The molecule has 0 unspecified atom stereocenters. The van der Waals surface area contributed by atoms with Crippen molar-refractivity contribution in [2.24, 2.45) is 0 Å². The van der Waals surface area contributed by atoms with Crippen LogP contribution in [0.2, 0.25) is 0 Å². The third-order valence-corrected chi connectivity index (χ3v) is 18.1. The third-order valence-electron chi connectivity index (χ3n) is 18.1. The molecule has 0 saturated carbocycles. The molecule has 4 nitrogen and oxygen atoms in total. The number of nitrogens with zero attached hydrogens (tertiary/aromatic N) is 4. The first-order chi connectivity index (χ1) is 44.7. The molecular formula is C86H58N4. The van der Waals surface area contributed by atoms with Crippen LogP contribution in [0, 0.1) is 0 Å². The highest BCUT2D eigenvalue weighted by Gasteiger charge is 2.28. The minimum absolute atomic E-state index is 1.04. The number of benzene rings is 17. The van der Waals surface area contributed by atoms with Crippen molar-refractivity contribution in [2.45, 2.75) is 0 Å². The fraction of sp³-hybridized carbons (Fsp3) is 0. The Morgan fingerprint density at radius 3 is 0.489 bits per heavy atom. The summed E-state index contributed by atoms with van der Waals surface area (Å²) < 4.78 is 0. The van der Waals surface area contributed by atoms with Crippen LogP contribution in [0.4, 0.5) is 68.2 Å². The summed E-state index contributed by atoms with van der Waals surface area (Å²) >= 11 is 0. The minimum atomic E-state index is 1.04. The van der Waals surface area contributed by atoms with Crippen molar-refractivity contribution < 1.29 is 0 Å².